The number of hydrogen-bond donors (Lipinski definition) is 1. The Morgan fingerprint density at radius 2 is 1.90 bits per heavy atom. The highest BCUT2D eigenvalue weighted by Crippen LogP contribution is 2.25. The van der Waals surface area contributed by atoms with E-state index in [0.29, 0.717) is 0 Å². The topological polar surface area (TPSA) is 45.4 Å². The predicted octanol–water partition coefficient (Wildman–Crippen LogP) is 2.28. The van der Waals surface area contributed by atoms with Gasteiger partial charge in [0.2, 0.25) is 0 Å². The molecule has 2 saturated heterocycles. The summed E-state index contributed by atoms with van der Waals surface area (Å²) >= 11 is 0. The van der Waals surface area contributed by atoms with Gasteiger partial charge in [0, 0.05) is 19.6 Å². The summed E-state index contributed by atoms with van der Waals surface area (Å²) in [4.78, 5) is 9.54. The van der Waals surface area contributed by atoms with Crippen molar-refractivity contribution in [3.8, 4) is 0 Å². The highest BCUT2D eigenvalue weighted by atomic mass is 15.2. The van der Waals surface area contributed by atoms with Gasteiger partial charge in [0.05, 0.1) is 11.9 Å². The van der Waals surface area contributed by atoms with E-state index in [2.05, 4.69) is 27.8 Å². The fourth-order valence-corrected chi connectivity index (χ4v) is 3.40. The van der Waals surface area contributed by atoms with Crippen molar-refractivity contribution < 1.29 is 0 Å². The molecule has 2 fully saturated rings. The van der Waals surface area contributed by atoms with Gasteiger partial charge < -0.3 is 15.5 Å². The Balaban J connectivity index is 1.53. The van der Waals surface area contributed by atoms with Crippen molar-refractivity contribution in [1.29, 1.82) is 0 Å². The van der Waals surface area contributed by atoms with Gasteiger partial charge in [-0.25, -0.2) is 4.98 Å². The maximum absolute atomic E-state index is 5.85. The Morgan fingerprint density at radius 3 is 2.55 bits per heavy atom. The van der Waals surface area contributed by atoms with Crippen molar-refractivity contribution in [2.45, 2.75) is 32.6 Å². The summed E-state index contributed by atoms with van der Waals surface area (Å²) in [6.45, 7) is 8.27. The number of piperidine rings is 1. The van der Waals surface area contributed by atoms with E-state index in [9.17, 15) is 0 Å². The molecule has 0 radical (unpaired) electrons. The normalized spacial score (nSPS) is 21.6. The summed E-state index contributed by atoms with van der Waals surface area (Å²) < 4.78 is 0. The lowest BCUT2D eigenvalue weighted by Gasteiger charge is -2.34. The maximum atomic E-state index is 5.85. The van der Waals surface area contributed by atoms with Crippen LogP contribution in [0.1, 0.15) is 31.2 Å². The van der Waals surface area contributed by atoms with Crippen LogP contribution in [0.4, 0.5) is 11.5 Å². The number of aryl methyl sites for hydroxylation is 1. The molecule has 3 heterocycles. The summed E-state index contributed by atoms with van der Waals surface area (Å²) in [6.07, 6.45) is 7.17. The third kappa shape index (κ3) is 3.06. The van der Waals surface area contributed by atoms with Crippen LogP contribution in [-0.2, 0) is 0 Å². The molecule has 2 aliphatic rings. The minimum absolute atomic E-state index is 0.790. The van der Waals surface area contributed by atoms with Gasteiger partial charge in [0.1, 0.15) is 5.82 Å². The molecular weight excluding hydrogens is 248 g/mol. The molecule has 4 heteroatoms. The van der Waals surface area contributed by atoms with E-state index in [1.807, 2.05) is 0 Å². The molecule has 0 amide bonds. The predicted molar refractivity (Wildman–Crippen MR) is 84.0 cm³/mol. The molecule has 0 unspecified atom stereocenters. The molecule has 0 saturated carbocycles. The second-order valence-corrected chi connectivity index (χ2v) is 6.34. The average molecular weight is 274 g/mol. The molecule has 0 bridgehead atoms. The van der Waals surface area contributed by atoms with Crippen molar-refractivity contribution in [1.82, 2.24) is 9.88 Å². The Kier molecular flexibility index (Phi) is 4.10. The van der Waals surface area contributed by atoms with Crippen LogP contribution in [0.15, 0.2) is 12.3 Å². The maximum Gasteiger partial charge on any atom is 0.128 e. The van der Waals surface area contributed by atoms with Crippen LogP contribution in [0, 0.1) is 12.8 Å². The molecule has 2 aliphatic heterocycles. The number of rotatable bonds is 3. The summed E-state index contributed by atoms with van der Waals surface area (Å²) in [5.41, 5.74) is 7.77. The molecule has 2 N–H and O–H groups in total. The molecule has 110 valence electrons. The number of nitrogen functional groups attached to an aromatic ring is 1. The number of pyridine rings is 1. The summed E-state index contributed by atoms with van der Waals surface area (Å²) in [5.74, 6) is 1.97. The van der Waals surface area contributed by atoms with Gasteiger partial charge in [-0.05, 0) is 63.2 Å². The van der Waals surface area contributed by atoms with Crippen LogP contribution in [0.2, 0.25) is 0 Å². The minimum atomic E-state index is 0.790. The monoisotopic (exact) mass is 274 g/mol. The zero-order chi connectivity index (χ0) is 13.9. The molecule has 0 aromatic carbocycles. The Labute approximate surface area is 122 Å². The lowest BCUT2D eigenvalue weighted by atomic mass is 9.96. The fraction of sp³-hybridized carbons (Fsp3) is 0.688. The van der Waals surface area contributed by atoms with Crippen LogP contribution in [0.25, 0.3) is 0 Å². The Morgan fingerprint density at radius 1 is 1.20 bits per heavy atom. The van der Waals surface area contributed by atoms with Crippen LogP contribution < -0.4 is 10.6 Å². The first-order valence-electron chi connectivity index (χ1n) is 7.92. The molecule has 3 rings (SSSR count). The van der Waals surface area contributed by atoms with Gasteiger partial charge in [-0.1, -0.05) is 0 Å². The Hall–Kier alpha value is -1.29. The van der Waals surface area contributed by atoms with Crippen molar-refractivity contribution in [2.24, 2.45) is 5.92 Å². The molecule has 0 aliphatic carbocycles. The van der Waals surface area contributed by atoms with E-state index < -0.39 is 0 Å². The summed E-state index contributed by atoms with van der Waals surface area (Å²) in [7, 11) is 0. The van der Waals surface area contributed by atoms with Crippen molar-refractivity contribution in [2.75, 3.05) is 43.4 Å². The summed E-state index contributed by atoms with van der Waals surface area (Å²) in [5, 5.41) is 0. The van der Waals surface area contributed by atoms with Crippen LogP contribution in [0.5, 0.6) is 0 Å². The van der Waals surface area contributed by atoms with E-state index in [-0.39, 0.29) is 0 Å². The van der Waals surface area contributed by atoms with Crippen LogP contribution in [0.3, 0.4) is 0 Å². The first kappa shape index (κ1) is 13.7. The molecule has 1 aromatic rings. The van der Waals surface area contributed by atoms with E-state index in [1.165, 1.54) is 45.3 Å². The zero-order valence-electron chi connectivity index (χ0n) is 12.5. The smallest absolute Gasteiger partial charge is 0.128 e. The molecular formula is C16H26N4. The van der Waals surface area contributed by atoms with Gasteiger partial charge in [-0.3, -0.25) is 0 Å². The second kappa shape index (κ2) is 6.00. The van der Waals surface area contributed by atoms with E-state index in [0.717, 1.165) is 36.1 Å². The highest BCUT2D eigenvalue weighted by Gasteiger charge is 2.23. The first-order chi connectivity index (χ1) is 9.72. The van der Waals surface area contributed by atoms with Crippen LogP contribution in [-0.4, -0.2) is 42.6 Å². The number of hydrogen-bond acceptors (Lipinski definition) is 4. The van der Waals surface area contributed by atoms with Crippen LogP contribution >= 0.6 is 0 Å². The second-order valence-electron chi connectivity index (χ2n) is 6.34. The number of nitrogens with zero attached hydrogens (tertiary/aromatic N) is 3. The van der Waals surface area contributed by atoms with Crippen molar-refractivity contribution in [3.05, 3.63) is 17.8 Å². The number of likely N-dealkylation sites (tertiary alicyclic amines) is 1. The fourth-order valence-electron chi connectivity index (χ4n) is 3.40. The standard InChI is InChI=1S/C16H26N4/c1-13-10-16(18-11-15(13)17)20-8-4-14(5-9-20)12-19-6-2-3-7-19/h10-11,14H,2-9,12,17H2,1H3. The molecule has 20 heavy (non-hydrogen) atoms. The van der Waals surface area contributed by atoms with Crippen molar-refractivity contribution in [3.63, 3.8) is 0 Å². The molecule has 1 aromatic heterocycles. The van der Waals surface area contributed by atoms with Gasteiger partial charge >= 0.3 is 0 Å². The minimum Gasteiger partial charge on any atom is -0.397 e. The number of aromatic nitrogens is 1. The highest BCUT2D eigenvalue weighted by molar-refractivity contribution is 5.52. The quantitative estimate of drug-likeness (QED) is 0.918. The molecule has 0 spiro atoms. The third-order valence-corrected chi connectivity index (χ3v) is 4.79. The van der Waals surface area contributed by atoms with Gasteiger partial charge in [-0.15, -0.1) is 0 Å². The van der Waals surface area contributed by atoms with Gasteiger partial charge in [0.25, 0.3) is 0 Å². The number of nitrogens with two attached hydrogens (primary N) is 1. The molecule has 0 atom stereocenters. The molecule has 4 nitrogen and oxygen atoms in total. The van der Waals surface area contributed by atoms with Crippen molar-refractivity contribution >= 4 is 11.5 Å². The third-order valence-electron chi connectivity index (χ3n) is 4.79. The van der Waals surface area contributed by atoms with E-state index >= 15 is 0 Å². The first-order valence-corrected chi connectivity index (χ1v) is 7.92. The SMILES string of the molecule is Cc1cc(N2CCC(CN3CCCC3)CC2)ncc1N. The lowest BCUT2D eigenvalue weighted by Crippen LogP contribution is -2.38. The summed E-state index contributed by atoms with van der Waals surface area (Å²) in [6, 6.07) is 2.12. The van der Waals surface area contributed by atoms with Gasteiger partial charge in [0.15, 0.2) is 0 Å². The largest absolute Gasteiger partial charge is 0.397 e. The number of anilines is 2. The lowest BCUT2D eigenvalue weighted by molar-refractivity contribution is 0.249. The zero-order valence-corrected chi connectivity index (χ0v) is 12.5. The Bertz CT molecular complexity index is 446. The van der Waals surface area contributed by atoms with Gasteiger partial charge in [-0.2, -0.15) is 0 Å². The van der Waals surface area contributed by atoms with E-state index in [4.69, 9.17) is 5.73 Å². The van der Waals surface area contributed by atoms with E-state index in [1.54, 1.807) is 6.20 Å². The average Bonchev–Trinajstić information content (AvgIpc) is 2.96.